The van der Waals surface area contributed by atoms with Crippen LogP contribution in [0.1, 0.15) is 15.9 Å². The molecule has 0 saturated heterocycles. The molecule has 0 atom stereocenters. The van der Waals surface area contributed by atoms with Gasteiger partial charge < -0.3 is 4.57 Å². The van der Waals surface area contributed by atoms with Gasteiger partial charge in [-0.3, -0.25) is 4.79 Å². The molecule has 0 aliphatic carbocycles. The van der Waals surface area contributed by atoms with Crippen LogP contribution in [-0.2, 0) is 16.6 Å². The first-order chi connectivity index (χ1) is 12.8. The second-order valence-corrected chi connectivity index (χ2v) is 8.03. The number of terminal acetylenes is 1. The zero-order chi connectivity index (χ0) is 19.6. The van der Waals surface area contributed by atoms with E-state index in [1.165, 1.54) is 36.4 Å². The first-order valence-corrected chi connectivity index (χ1v) is 9.88. The van der Waals surface area contributed by atoms with Crippen molar-refractivity contribution in [3.63, 3.8) is 0 Å². The van der Waals surface area contributed by atoms with Gasteiger partial charge in [-0.25, -0.2) is 13.6 Å². The number of carbonyl (C=O) groups excluding carboxylic acids is 1. The van der Waals surface area contributed by atoms with Crippen molar-refractivity contribution in [2.24, 2.45) is 10.1 Å². The highest BCUT2D eigenvalue weighted by molar-refractivity contribution is 7.89. The van der Waals surface area contributed by atoms with Gasteiger partial charge in [0.15, 0.2) is 4.80 Å². The third-order valence-electron chi connectivity index (χ3n) is 3.69. The van der Waals surface area contributed by atoms with Crippen LogP contribution in [0.25, 0.3) is 10.2 Å². The van der Waals surface area contributed by atoms with Gasteiger partial charge in [-0.2, -0.15) is 10.3 Å². The topological polar surface area (TPSA) is 118 Å². The van der Waals surface area contributed by atoms with Crippen LogP contribution in [0.15, 0.2) is 52.4 Å². The van der Waals surface area contributed by atoms with Crippen LogP contribution < -0.4 is 9.94 Å². The normalized spacial score (nSPS) is 11.9. The lowest BCUT2D eigenvalue weighted by Gasteiger charge is -2.01. The minimum Gasteiger partial charge on any atom is -0.305 e. The summed E-state index contributed by atoms with van der Waals surface area (Å²) in [5.74, 6) is 2.00. The molecular weight excluding hydrogens is 384 g/mol. The molecule has 0 bridgehead atoms. The zero-order valence-corrected chi connectivity index (χ0v) is 15.4. The summed E-state index contributed by atoms with van der Waals surface area (Å²) >= 11 is 1.13. The molecule has 0 saturated carbocycles. The number of carbonyl (C=O) groups is 1. The van der Waals surface area contributed by atoms with E-state index < -0.39 is 15.9 Å². The molecule has 134 valence electrons. The molecule has 0 aliphatic heterocycles. The third-order valence-corrected chi connectivity index (χ3v) is 5.64. The van der Waals surface area contributed by atoms with Gasteiger partial charge in [0, 0.05) is 5.56 Å². The Morgan fingerprint density at radius 2 is 1.96 bits per heavy atom. The average Bonchev–Trinajstić information content (AvgIpc) is 2.98. The molecule has 3 aromatic rings. The summed E-state index contributed by atoms with van der Waals surface area (Å²) in [7, 11) is -3.85. The highest BCUT2D eigenvalue weighted by atomic mass is 32.2. The van der Waals surface area contributed by atoms with E-state index in [-0.39, 0.29) is 11.4 Å². The van der Waals surface area contributed by atoms with Gasteiger partial charge in [-0.1, -0.05) is 17.3 Å². The Morgan fingerprint density at radius 3 is 2.56 bits per heavy atom. The fourth-order valence-electron chi connectivity index (χ4n) is 2.40. The van der Waals surface area contributed by atoms with Gasteiger partial charge >= 0.3 is 0 Å². The van der Waals surface area contributed by atoms with Crippen LogP contribution in [0.5, 0.6) is 0 Å². The molecule has 2 aromatic carbocycles. The van der Waals surface area contributed by atoms with Crippen molar-refractivity contribution in [1.82, 2.24) is 4.57 Å². The Kier molecular flexibility index (Phi) is 4.93. The maximum Gasteiger partial charge on any atom is 0.279 e. The number of thiazole rings is 1. The molecule has 7 nitrogen and oxygen atoms in total. The van der Waals surface area contributed by atoms with E-state index in [1.54, 1.807) is 10.6 Å². The number of hydrogen-bond donors (Lipinski definition) is 1. The van der Waals surface area contributed by atoms with Gasteiger partial charge in [0.05, 0.1) is 33.3 Å². The zero-order valence-electron chi connectivity index (χ0n) is 13.8. The molecule has 1 amide bonds. The monoisotopic (exact) mass is 396 g/mol. The van der Waals surface area contributed by atoms with Crippen molar-refractivity contribution in [2.45, 2.75) is 11.4 Å². The average molecular weight is 396 g/mol. The maximum absolute atomic E-state index is 12.4. The predicted molar refractivity (Wildman–Crippen MR) is 101 cm³/mol. The number of amides is 1. The summed E-state index contributed by atoms with van der Waals surface area (Å²) in [5, 5.41) is 14.0. The van der Waals surface area contributed by atoms with Crippen LogP contribution in [0.3, 0.4) is 0 Å². The smallest absolute Gasteiger partial charge is 0.279 e. The standard InChI is InChI=1S/C18H12N4O3S2/c1-2-9-22-15-8-7-14(27(20,24)25)10-16(15)26-18(22)21-17(23)13-5-3-12(11-19)4-6-13/h1,3-8,10H,9H2,(H2,20,24,25). The number of sulfonamides is 1. The lowest BCUT2D eigenvalue weighted by molar-refractivity contribution is 0.0998. The summed E-state index contributed by atoms with van der Waals surface area (Å²) < 4.78 is 25.3. The van der Waals surface area contributed by atoms with Gasteiger partial charge in [-0.15, -0.1) is 6.42 Å². The van der Waals surface area contributed by atoms with Crippen LogP contribution in [0.4, 0.5) is 0 Å². The van der Waals surface area contributed by atoms with Gasteiger partial charge in [0.1, 0.15) is 0 Å². The van der Waals surface area contributed by atoms with E-state index in [0.717, 1.165) is 11.3 Å². The Labute approximate surface area is 159 Å². The van der Waals surface area contributed by atoms with Gasteiger partial charge in [0.25, 0.3) is 5.91 Å². The summed E-state index contributed by atoms with van der Waals surface area (Å²) in [6.45, 7) is 0.161. The third kappa shape index (κ3) is 3.81. The molecule has 2 N–H and O–H groups in total. The van der Waals surface area contributed by atoms with Crippen molar-refractivity contribution in [2.75, 3.05) is 0 Å². The first-order valence-electron chi connectivity index (χ1n) is 7.52. The number of benzene rings is 2. The largest absolute Gasteiger partial charge is 0.305 e. The summed E-state index contributed by atoms with van der Waals surface area (Å²) in [5.41, 5.74) is 1.41. The molecule has 27 heavy (non-hydrogen) atoms. The number of aromatic nitrogens is 1. The minimum atomic E-state index is -3.85. The van der Waals surface area contributed by atoms with E-state index in [0.29, 0.717) is 26.1 Å². The number of nitriles is 1. The second-order valence-electron chi connectivity index (χ2n) is 5.46. The van der Waals surface area contributed by atoms with E-state index in [2.05, 4.69) is 10.9 Å². The summed E-state index contributed by atoms with van der Waals surface area (Å²) in [6.07, 6.45) is 5.41. The van der Waals surface area contributed by atoms with Gasteiger partial charge in [0.2, 0.25) is 10.0 Å². The number of primary sulfonamides is 1. The van der Waals surface area contributed by atoms with Crippen LogP contribution in [-0.4, -0.2) is 18.9 Å². The minimum absolute atomic E-state index is 0.0333. The summed E-state index contributed by atoms with van der Waals surface area (Å²) in [4.78, 5) is 16.9. The molecule has 0 radical (unpaired) electrons. The maximum atomic E-state index is 12.4. The molecule has 9 heteroatoms. The molecule has 1 heterocycles. The Morgan fingerprint density at radius 1 is 1.26 bits per heavy atom. The number of fused-ring (bicyclic) bond motifs is 1. The van der Waals surface area contributed by atoms with Crippen LogP contribution >= 0.6 is 11.3 Å². The number of rotatable bonds is 3. The fourth-order valence-corrected chi connectivity index (χ4v) is 4.08. The quantitative estimate of drug-likeness (QED) is 0.676. The Balaban J connectivity index is 2.15. The Hall–Kier alpha value is -3.24. The SMILES string of the molecule is C#CCn1c(=NC(=O)c2ccc(C#N)cc2)sc2cc(S(N)(=O)=O)ccc21. The number of hydrogen-bond acceptors (Lipinski definition) is 5. The van der Waals surface area contributed by atoms with E-state index >= 15 is 0 Å². The highest BCUT2D eigenvalue weighted by Crippen LogP contribution is 2.21. The molecule has 0 aliphatic rings. The van der Waals surface area contributed by atoms with Crippen molar-refractivity contribution in [3.05, 3.63) is 58.4 Å². The molecule has 0 unspecified atom stereocenters. The summed E-state index contributed by atoms with van der Waals surface area (Å²) in [6, 6.07) is 12.4. The molecule has 3 rings (SSSR count). The van der Waals surface area contributed by atoms with E-state index in [4.69, 9.17) is 16.8 Å². The molecule has 0 spiro atoms. The van der Waals surface area contributed by atoms with Crippen LogP contribution in [0, 0.1) is 23.7 Å². The van der Waals surface area contributed by atoms with E-state index in [1.807, 2.05) is 6.07 Å². The van der Waals surface area contributed by atoms with Crippen molar-refractivity contribution >= 4 is 37.5 Å². The lowest BCUT2D eigenvalue weighted by Crippen LogP contribution is -2.16. The van der Waals surface area contributed by atoms with Crippen molar-refractivity contribution in [1.29, 1.82) is 5.26 Å². The Bertz CT molecular complexity index is 1300. The second kappa shape index (κ2) is 7.17. The van der Waals surface area contributed by atoms with E-state index in [9.17, 15) is 13.2 Å². The molecule has 1 aromatic heterocycles. The number of nitrogens with two attached hydrogens (primary N) is 1. The van der Waals surface area contributed by atoms with Gasteiger partial charge in [-0.05, 0) is 42.5 Å². The van der Waals surface area contributed by atoms with Crippen molar-refractivity contribution in [3.8, 4) is 18.4 Å². The fraction of sp³-hybridized carbons (Fsp3) is 0.0556. The lowest BCUT2D eigenvalue weighted by atomic mass is 10.1. The van der Waals surface area contributed by atoms with Crippen molar-refractivity contribution < 1.29 is 13.2 Å². The predicted octanol–water partition coefficient (Wildman–Crippen LogP) is 1.60. The molecule has 0 fully saturated rings. The van der Waals surface area contributed by atoms with Crippen LogP contribution in [0.2, 0.25) is 0 Å². The molecular formula is C18H12N4O3S2. The highest BCUT2D eigenvalue weighted by Gasteiger charge is 2.13. The first kappa shape index (κ1) is 18.5. The number of nitrogens with zero attached hydrogens (tertiary/aromatic N) is 3.